The van der Waals surface area contributed by atoms with Gasteiger partial charge in [0.2, 0.25) is 5.91 Å². The van der Waals surface area contributed by atoms with Crippen LogP contribution in [0.25, 0.3) is 0 Å². The van der Waals surface area contributed by atoms with E-state index >= 15 is 0 Å². The van der Waals surface area contributed by atoms with Gasteiger partial charge in [-0.1, -0.05) is 0 Å². The Kier molecular flexibility index (Phi) is 5.54. The zero-order valence-electron chi connectivity index (χ0n) is 17.1. The number of anilines is 1. The number of carbonyl (C=O) groups is 1. The fourth-order valence-corrected chi connectivity index (χ4v) is 4.73. The van der Waals surface area contributed by atoms with Gasteiger partial charge in [-0.15, -0.1) is 0 Å². The van der Waals surface area contributed by atoms with Crippen molar-refractivity contribution < 1.29 is 4.79 Å². The van der Waals surface area contributed by atoms with E-state index in [-0.39, 0.29) is 11.8 Å². The molecule has 0 unspecified atom stereocenters. The van der Waals surface area contributed by atoms with Crippen molar-refractivity contribution in [1.82, 2.24) is 15.2 Å². The van der Waals surface area contributed by atoms with Gasteiger partial charge in [-0.2, -0.15) is 5.26 Å². The quantitative estimate of drug-likeness (QED) is 0.868. The third kappa shape index (κ3) is 4.15. The van der Waals surface area contributed by atoms with Crippen LogP contribution in [0.2, 0.25) is 0 Å². The maximum absolute atomic E-state index is 12.5. The monoisotopic (exact) mass is 381 g/mol. The fraction of sp³-hybridized carbons (Fsp3) is 0.682. The Balaban J connectivity index is 1.36. The lowest BCUT2D eigenvalue weighted by molar-refractivity contribution is -0.127. The van der Waals surface area contributed by atoms with Gasteiger partial charge in [0.25, 0.3) is 0 Å². The number of aromatic nitrogens is 1. The van der Waals surface area contributed by atoms with Gasteiger partial charge in [-0.25, -0.2) is 4.98 Å². The maximum Gasteiger partial charge on any atom is 0.224 e. The first-order valence-corrected chi connectivity index (χ1v) is 10.7. The summed E-state index contributed by atoms with van der Waals surface area (Å²) in [7, 11) is 0. The number of nitriles is 1. The molecule has 0 radical (unpaired) electrons. The van der Waals surface area contributed by atoms with Crippen molar-refractivity contribution in [3.8, 4) is 6.07 Å². The molecular weight excluding hydrogens is 350 g/mol. The Hall–Kier alpha value is -2.13. The average Bonchev–Trinajstić information content (AvgIpc) is 3.52. The van der Waals surface area contributed by atoms with Crippen molar-refractivity contribution in [2.24, 2.45) is 5.92 Å². The van der Waals surface area contributed by atoms with Crippen molar-refractivity contribution in [1.29, 1.82) is 5.26 Å². The molecule has 1 aliphatic carbocycles. The number of rotatable bonds is 4. The minimum absolute atomic E-state index is 0.152. The second-order valence-corrected chi connectivity index (χ2v) is 8.73. The molecule has 28 heavy (non-hydrogen) atoms. The van der Waals surface area contributed by atoms with Gasteiger partial charge in [-0.05, 0) is 70.5 Å². The van der Waals surface area contributed by atoms with E-state index in [4.69, 9.17) is 0 Å². The molecule has 1 atom stereocenters. The number of carbonyl (C=O) groups excluding carboxylic acids is 1. The van der Waals surface area contributed by atoms with Crippen LogP contribution < -0.4 is 10.2 Å². The highest BCUT2D eigenvalue weighted by molar-refractivity contribution is 5.79. The minimum Gasteiger partial charge on any atom is -0.355 e. The van der Waals surface area contributed by atoms with Crippen LogP contribution in [0.5, 0.6) is 0 Å². The van der Waals surface area contributed by atoms with E-state index < -0.39 is 0 Å². The fourth-order valence-electron chi connectivity index (χ4n) is 4.73. The minimum atomic E-state index is 0.152. The molecule has 1 aromatic heterocycles. The smallest absolute Gasteiger partial charge is 0.224 e. The number of likely N-dealkylation sites (tertiary alicyclic amines) is 1. The summed E-state index contributed by atoms with van der Waals surface area (Å²) in [5, 5.41) is 12.7. The molecular formula is C22H31N5O. The Morgan fingerprint density at radius 2 is 1.93 bits per heavy atom. The van der Waals surface area contributed by atoms with Gasteiger partial charge in [0, 0.05) is 37.4 Å². The van der Waals surface area contributed by atoms with Crippen molar-refractivity contribution >= 4 is 11.7 Å². The van der Waals surface area contributed by atoms with Crippen molar-refractivity contribution in [2.75, 3.05) is 31.1 Å². The molecule has 150 valence electrons. The predicted octanol–water partition coefficient (Wildman–Crippen LogP) is 2.53. The van der Waals surface area contributed by atoms with Gasteiger partial charge in [0.15, 0.2) is 0 Å². The highest BCUT2D eigenvalue weighted by Crippen LogP contribution is 2.29. The molecule has 1 aromatic rings. The number of hydrogen-bond donors (Lipinski definition) is 1. The average molecular weight is 382 g/mol. The van der Waals surface area contributed by atoms with Gasteiger partial charge >= 0.3 is 0 Å². The number of hydrogen-bond acceptors (Lipinski definition) is 5. The van der Waals surface area contributed by atoms with Crippen molar-refractivity contribution in [3.63, 3.8) is 0 Å². The molecule has 2 saturated heterocycles. The normalized spacial score (nSPS) is 24.0. The number of aryl methyl sites for hydroxylation is 2. The molecule has 6 nitrogen and oxygen atoms in total. The molecule has 4 rings (SSSR count). The first kappa shape index (κ1) is 19.2. The lowest BCUT2D eigenvalue weighted by atomic mass is 9.93. The van der Waals surface area contributed by atoms with Crippen molar-refractivity contribution in [3.05, 3.63) is 22.9 Å². The van der Waals surface area contributed by atoms with Crippen LogP contribution in [0.1, 0.15) is 55.3 Å². The molecule has 1 amide bonds. The van der Waals surface area contributed by atoms with E-state index in [1.807, 2.05) is 19.9 Å². The summed E-state index contributed by atoms with van der Waals surface area (Å²) in [6.07, 6.45) is 6.56. The largest absolute Gasteiger partial charge is 0.355 e. The summed E-state index contributed by atoms with van der Waals surface area (Å²) in [4.78, 5) is 21.9. The zero-order valence-corrected chi connectivity index (χ0v) is 17.1. The number of pyridine rings is 1. The Morgan fingerprint density at radius 3 is 2.61 bits per heavy atom. The third-order valence-corrected chi connectivity index (χ3v) is 6.47. The lowest BCUT2D eigenvalue weighted by Gasteiger charge is -2.42. The Morgan fingerprint density at radius 1 is 1.18 bits per heavy atom. The van der Waals surface area contributed by atoms with Crippen LogP contribution in [0.4, 0.5) is 5.82 Å². The molecule has 6 heteroatoms. The van der Waals surface area contributed by atoms with E-state index in [0.29, 0.717) is 17.6 Å². The summed E-state index contributed by atoms with van der Waals surface area (Å²) in [6.45, 7) is 7.82. The van der Waals surface area contributed by atoms with E-state index in [9.17, 15) is 10.1 Å². The lowest BCUT2D eigenvalue weighted by Crippen LogP contribution is -2.51. The molecule has 1 N–H and O–H groups in total. The second-order valence-electron chi connectivity index (χ2n) is 8.73. The number of nitrogens with one attached hydrogen (secondary N) is 1. The number of piperidine rings is 2. The van der Waals surface area contributed by atoms with Crippen LogP contribution in [-0.4, -0.2) is 54.1 Å². The van der Waals surface area contributed by atoms with Gasteiger partial charge in [0.05, 0.1) is 11.5 Å². The Labute approximate surface area is 167 Å². The first-order valence-electron chi connectivity index (χ1n) is 10.7. The maximum atomic E-state index is 12.5. The van der Waals surface area contributed by atoms with E-state index in [1.54, 1.807) is 0 Å². The summed E-state index contributed by atoms with van der Waals surface area (Å²) in [5.41, 5.74) is 2.68. The van der Waals surface area contributed by atoms with E-state index in [1.165, 1.54) is 0 Å². The highest BCUT2D eigenvalue weighted by atomic mass is 16.2. The van der Waals surface area contributed by atoms with Crippen LogP contribution in [0.3, 0.4) is 0 Å². The second kappa shape index (κ2) is 8.08. The number of amides is 1. The molecule has 0 spiro atoms. The van der Waals surface area contributed by atoms with Gasteiger partial charge in [-0.3, -0.25) is 9.69 Å². The molecule has 0 bridgehead atoms. The highest BCUT2D eigenvalue weighted by Gasteiger charge is 2.34. The van der Waals surface area contributed by atoms with Crippen LogP contribution in [-0.2, 0) is 4.79 Å². The molecule has 3 heterocycles. The van der Waals surface area contributed by atoms with E-state index in [2.05, 4.69) is 26.2 Å². The summed E-state index contributed by atoms with van der Waals surface area (Å²) >= 11 is 0. The van der Waals surface area contributed by atoms with Crippen LogP contribution in [0, 0.1) is 31.1 Å². The molecule has 3 aliphatic rings. The Bertz CT molecular complexity index is 774. The summed E-state index contributed by atoms with van der Waals surface area (Å²) in [5.74, 6) is 1.26. The van der Waals surface area contributed by atoms with E-state index in [0.717, 1.165) is 81.8 Å². The zero-order chi connectivity index (χ0) is 19.7. The van der Waals surface area contributed by atoms with Crippen LogP contribution >= 0.6 is 0 Å². The number of nitrogens with zero attached hydrogens (tertiary/aromatic N) is 4. The van der Waals surface area contributed by atoms with Crippen molar-refractivity contribution in [2.45, 2.75) is 64.5 Å². The molecule has 1 saturated carbocycles. The first-order chi connectivity index (χ1) is 13.5. The van der Waals surface area contributed by atoms with Crippen LogP contribution in [0.15, 0.2) is 6.07 Å². The summed E-state index contributed by atoms with van der Waals surface area (Å²) in [6, 6.07) is 5.31. The molecule has 3 fully saturated rings. The predicted molar refractivity (Wildman–Crippen MR) is 109 cm³/mol. The molecule has 0 aromatic carbocycles. The van der Waals surface area contributed by atoms with Gasteiger partial charge < -0.3 is 10.2 Å². The topological polar surface area (TPSA) is 72.3 Å². The molecule has 2 aliphatic heterocycles. The summed E-state index contributed by atoms with van der Waals surface area (Å²) < 4.78 is 0. The standard InChI is InChI=1S/C22H31N5O/c1-15-12-16(2)24-21(20(15)13-23)26-10-7-19(8-11-26)27-9-3-4-17(14-27)22(28)25-18-5-6-18/h12,17-19H,3-11,14H2,1-2H3,(H,25,28)/t17-/m0/s1. The third-order valence-electron chi connectivity index (χ3n) is 6.47. The van der Waals surface area contributed by atoms with Gasteiger partial charge in [0.1, 0.15) is 11.9 Å². The SMILES string of the molecule is Cc1cc(C)c(C#N)c(N2CCC(N3CCC[C@H](C(=O)NC4CC4)C3)CC2)n1.